The summed E-state index contributed by atoms with van der Waals surface area (Å²) >= 11 is 0.537. The van der Waals surface area contributed by atoms with E-state index in [0.717, 1.165) is 25.1 Å². The standard InChI is InChI=1S/C20H21F5N4O3S/c1-3-12(20(23,24)25)27-13-7-10(16(21)22)11(8-26-13)15-14(28-17(33-15)19(31)32)18(30)29-6-4-5-9(29)2/h7-9,12,16H,3-6H2,1-2H3,(H,26,27)(H,31,32)/t9-,12?/m0/s1. The van der Waals surface area contributed by atoms with Gasteiger partial charge in [0, 0.05) is 29.9 Å². The van der Waals surface area contributed by atoms with Crippen LogP contribution in [-0.4, -0.2) is 56.7 Å². The summed E-state index contributed by atoms with van der Waals surface area (Å²) in [6, 6.07) is -1.34. The van der Waals surface area contributed by atoms with Crippen LogP contribution in [0.5, 0.6) is 0 Å². The Labute approximate surface area is 189 Å². The lowest BCUT2D eigenvalue weighted by Gasteiger charge is -2.22. The molecule has 0 radical (unpaired) electrons. The second kappa shape index (κ2) is 9.57. The SMILES string of the molecule is CCC(Nc1cc(C(F)F)c(-c2sc(C(=O)O)nc2C(=O)N2CCC[C@@H]2C)cn1)C(F)(F)F. The number of pyridine rings is 1. The maximum Gasteiger partial charge on any atom is 0.408 e. The van der Waals surface area contributed by atoms with Crippen LogP contribution in [0.25, 0.3) is 10.4 Å². The maximum atomic E-state index is 13.9. The number of anilines is 1. The molecule has 0 aliphatic carbocycles. The van der Waals surface area contributed by atoms with E-state index < -0.39 is 46.9 Å². The molecule has 2 aromatic heterocycles. The van der Waals surface area contributed by atoms with Crippen LogP contribution in [0.3, 0.4) is 0 Å². The molecule has 180 valence electrons. The van der Waals surface area contributed by atoms with Gasteiger partial charge >= 0.3 is 12.1 Å². The highest BCUT2D eigenvalue weighted by Gasteiger charge is 2.39. The zero-order valence-corrected chi connectivity index (χ0v) is 18.4. The van der Waals surface area contributed by atoms with Gasteiger partial charge in [0.25, 0.3) is 12.3 Å². The topological polar surface area (TPSA) is 95.4 Å². The van der Waals surface area contributed by atoms with Gasteiger partial charge in [-0.05, 0) is 32.3 Å². The fourth-order valence-electron chi connectivity index (χ4n) is 3.62. The lowest BCUT2D eigenvalue weighted by atomic mass is 10.1. The predicted octanol–water partition coefficient (Wildman–Crippen LogP) is 5.22. The Morgan fingerprint density at radius 3 is 2.58 bits per heavy atom. The largest absolute Gasteiger partial charge is 0.476 e. The molecule has 1 aliphatic rings. The second-order valence-electron chi connectivity index (χ2n) is 7.60. The van der Waals surface area contributed by atoms with Crippen LogP contribution < -0.4 is 5.32 Å². The summed E-state index contributed by atoms with van der Waals surface area (Å²) in [6.07, 6.45) is -5.70. The summed E-state index contributed by atoms with van der Waals surface area (Å²) in [5.41, 5.74) is -1.23. The van der Waals surface area contributed by atoms with Gasteiger partial charge in [0.15, 0.2) is 0 Å². The van der Waals surface area contributed by atoms with Crippen LogP contribution in [0.4, 0.5) is 27.8 Å². The van der Waals surface area contributed by atoms with E-state index in [4.69, 9.17) is 0 Å². The van der Waals surface area contributed by atoms with Gasteiger partial charge in [-0.3, -0.25) is 4.79 Å². The van der Waals surface area contributed by atoms with E-state index in [1.807, 2.05) is 6.92 Å². The van der Waals surface area contributed by atoms with Crippen LogP contribution in [0.15, 0.2) is 12.3 Å². The van der Waals surface area contributed by atoms with Crippen LogP contribution in [0.1, 0.15) is 65.4 Å². The summed E-state index contributed by atoms with van der Waals surface area (Å²) in [7, 11) is 0. The van der Waals surface area contributed by atoms with Crippen molar-refractivity contribution in [2.75, 3.05) is 11.9 Å². The molecule has 0 aromatic carbocycles. The van der Waals surface area contributed by atoms with Gasteiger partial charge in [-0.15, -0.1) is 11.3 Å². The number of carbonyl (C=O) groups is 2. The summed E-state index contributed by atoms with van der Waals surface area (Å²) in [5, 5.41) is 11.0. The minimum absolute atomic E-state index is 0.117. The highest BCUT2D eigenvalue weighted by molar-refractivity contribution is 7.17. The number of carboxylic acid groups (broad SMARTS) is 1. The molecule has 2 N–H and O–H groups in total. The Morgan fingerprint density at radius 2 is 2.06 bits per heavy atom. The first-order chi connectivity index (χ1) is 15.4. The summed E-state index contributed by atoms with van der Waals surface area (Å²) < 4.78 is 67.0. The molecule has 33 heavy (non-hydrogen) atoms. The Kier molecular flexibility index (Phi) is 7.20. The number of nitrogens with one attached hydrogen (secondary N) is 1. The van der Waals surface area contributed by atoms with Crippen molar-refractivity contribution in [1.29, 1.82) is 0 Å². The van der Waals surface area contributed by atoms with Gasteiger partial charge in [-0.1, -0.05) is 6.92 Å². The molecule has 1 amide bonds. The molecular formula is C20H21F5N4O3S. The maximum absolute atomic E-state index is 13.9. The predicted molar refractivity (Wildman–Crippen MR) is 111 cm³/mol. The van der Waals surface area contributed by atoms with Gasteiger partial charge < -0.3 is 15.3 Å². The fourth-order valence-corrected chi connectivity index (χ4v) is 4.55. The molecule has 2 atom stereocenters. The normalized spacial score (nSPS) is 17.5. The van der Waals surface area contributed by atoms with E-state index in [1.165, 1.54) is 11.8 Å². The van der Waals surface area contributed by atoms with Crippen molar-refractivity contribution in [3.8, 4) is 10.4 Å². The third kappa shape index (κ3) is 5.23. The molecule has 13 heteroatoms. The number of alkyl halides is 5. The number of hydrogen-bond acceptors (Lipinski definition) is 6. The smallest absolute Gasteiger partial charge is 0.408 e. The minimum atomic E-state index is -4.61. The van der Waals surface area contributed by atoms with E-state index in [0.29, 0.717) is 17.9 Å². The fraction of sp³-hybridized carbons (Fsp3) is 0.500. The molecule has 2 aromatic rings. The van der Waals surface area contributed by atoms with Crippen molar-refractivity contribution in [3.05, 3.63) is 28.5 Å². The Morgan fingerprint density at radius 1 is 1.36 bits per heavy atom. The molecule has 0 saturated carbocycles. The average molecular weight is 492 g/mol. The molecular weight excluding hydrogens is 471 g/mol. The Bertz CT molecular complexity index is 1040. The average Bonchev–Trinajstić information content (AvgIpc) is 3.37. The number of likely N-dealkylation sites (tertiary alicyclic amines) is 1. The number of aromatic carboxylic acids is 1. The van der Waals surface area contributed by atoms with Crippen LogP contribution >= 0.6 is 11.3 Å². The molecule has 7 nitrogen and oxygen atoms in total. The zero-order chi connectivity index (χ0) is 24.5. The number of rotatable bonds is 7. The zero-order valence-electron chi connectivity index (χ0n) is 17.6. The second-order valence-corrected chi connectivity index (χ2v) is 8.60. The summed E-state index contributed by atoms with van der Waals surface area (Å²) in [6.45, 7) is 3.51. The summed E-state index contributed by atoms with van der Waals surface area (Å²) in [4.78, 5) is 33.6. The molecule has 0 spiro atoms. The van der Waals surface area contributed by atoms with Crippen molar-refractivity contribution in [3.63, 3.8) is 0 Å². The van der Waals surface area contributed by atoms with Gasteiger partial charge in [0.1, 0.15) is 17.6 Å². The third-order valence-electron chi connectivity index (χ3n) is 5.37. The number of thiazole rings is 1. The molecule has 3 heterocycles. The number of amides is 1. The molecule has 1 unspecified atom stereocenters. The quantitative estimate of drug-likeness (QED) is 0.515. The number of carboxylic acids is 1. The number of aromatic nitrogens is 2. The van der Waals surface area contributed by atoms with Gasteiger partial charge in [-0.2, -0.15) is 13.2 Å². The molecule has 0 bridgehead atoms. The van der Waals surface area contributed by atoms with Crippen molar-refractivity contribution < 1.29 is 36.6 Å². The molecule has 3 rings (SSSR count). The van der Waals surface area contributed by atoms with E-state index >= 15 is 0 Å². The first-order valence-electron chi connectivity index (χ1n) is 10.1. The van der Waals surface area contributed by atoms with Crippen molar-refractivity contribution in [1.82, 2.24) is 14.9 Å². The van der Waals surface area contributed by atoms with Gasteiger partial charge in [-0.25, -0.2) is 23.5 Å². The first kappa shape index (κ1) is 24.8. The van der Waals surface area contributed by atoms with E-state index in [-0.39, 0.29) is 28.6 Å². The highest BCUT2D eigenvalue weighted by atomic mass is 32.1. The van der Waals surface area contributed by atoms with E-state index in [1.54, 1.807) is 0 Å². The molecule has 1 saturated heterocycles. The number of nitrogens with zero attached hydrogens (tertiary/aromatic N) is 3. The number of hydrogen-bond donors (Lipinski definition) is 2. The van der Waals surface area contributed by atoms with Crippen LogP contribution in [0, 0.1) is 0 Å². The van der Waals surface area contributed by atoms with Gasteiger partial charge in [0.2, 0.25) is 5.01 Å². The van der Waals surface area contributed by atoms with Gasteiger partial charge in [0.05, 0.1) is 4.88 Å². The molecule has 1 aliphatic heterocycles. The van der Waals surface area contributed by atoms with Crippen molar-refractivity contribution in [2.45, 2.75) is 57.8 Å². The van der Waals surface area contributed by atoms with Crippen molar-refractivity contribution in [2.24, 2.45) is 0 Å². The van der Waals surface area contributed by atoms with Crippen molar-refractivity contribution >= 4 is 29.0 Å². The lowest BCUT2D eigenvalue weighted by Crippen LogP contribution is -2.35. The first-order valence-corrected chi connectivity index (χ1v) is 10.9. The Hall–Kier alpha value is -2.83. The van der Waals surface area contributed by atoms with Crippen LogP contribution in [-0.2, 0) is 0 Å². The summed E-state index contributed by atoms with van der Waals surface area (Å²) in [5.74, 6) is -2.44. The van der Waals surface area contributed by atoms with E-state index in [9.17, 15) is 36.6 Å². The Balaban J connectivity index is 2.08. The minimum Gasteiger partial charge on any atom is -0.476 e. The highest BCUT2D eigenvalue weighted by Crippen LogP contribution is 2.39. The third-order valence-corrected chi connectivity index (χ3v) is 6.44. The van der Waals surface area contributed by atoms with Crippen LogP contribution in [0.2, 0.25) is 0 Å². The van der Waals surface area contributed by atoms with E-state index in [2.05, 4.69) is 15.3 Å². The lowest BCUT2D eigenvalue weighted by molar-refractivity contribution is -0.142. The number of carbonyl (C=O) groups excluding carboxylic acids is 1. The monoisotopic (exact) mass is 492 g/mol. The molecule has 1 fully saturated rings. The number of halogens is 5.